The highest BCUT2D eigenvalue weighted by Crippen LogP contribution is 2.34. The smallest absolute Gasteiger partial charge is 0.224 e. The Hall–Kier alpha value is -1.66. The fourth-order valence-electron chi connectivity index (χ4n) is 2.07. The minimum absolute atomic E-state index is 0.126. The van der Waals surface area contributed by atoms with E-state index in [9.17, 15) is 4.79 Å². The SMILES string of the molecule is O=C(Cc1cc(Cl)cc(Cl)c1)NCc1nnnn1C1CC1. The molecule has 6 nitrogen and oxygen atoms in total. The summed E-state index contributed by atoms with van der Waals surface area (Å²) in [5.74, 6) is 0.550. The number of hydrogen-bond donors (Lipinski definition) is 1. The topological polar surface area (TPSA) is 72.7 Å². The van der Waals surface area contributed by atoms with Gasteiger partial charge in [-0.15, -0.1) is 5.10 Å². The summed E-state index contributed by atoms with van der Waals surface area (Å²) in [6.07, 6.45) is 2.39. The second-order valence-electron chi connectivity index (χ2n) is 5.00. The van der Waals surface area contributed by atoms with Crippen LogP contribution in [0.25, 0.3) is 0 Å². The van der Waals surface area contributed by atoms with Crippen molar-refractivity contribution in [3.8, 4) is 0 Å². The van der Waals surface area contributed by atoms with Crippen LogP contribution in [-0.4, -0.2) is 26.1 Å². The molecule has 1 aromatic carbocycles. The Kier molecular flexibility index (Phi) is 4.07. The third-order valence-electron chi connectivity index (χ3n) is 3.18. The Morgan fingerprint density at radius 2 is 2.00 bits per heavy atom. The van der Waals surface area contributed by atoms with Crippen LogP contribution in [0.4, 0.5) is 0 Å². The largest absolute Gasteiger partial charge is 0.348 e. The van der Waals surface area contributed by atoms with Gasteiger partial charge in [-0.05, 0) is 47.0 Å². The van der Waals surface area contributed by atoms with Gasteiger partial charge in [0.1, 0.15) is 0 Å². The van der Waals surface area contributed by atoms with Gasteiger partial charge in [0, 0.05) is 10.0 Å². The number of tetrazole rings is 1. The zero-order valence-electron chi connectivity index (χ0n) is 11.1. The molecule has 1 saturated carbocycles. The lowest BCUT2D eigenvalue weighted by Crippen LogP contribution is -2.26. The highest BCUT2D eigenvalue weighted by Gasteiger charge is 2.27. The molecule has 0 atom stereocenters. The van der Waals surface area contributed by atoms with E-state index in [1.54, 1.807) is 22.9 Å². The molecule has 1 aliphatic carbocycles. The van der Waals surface area contributed by atoms with Crippen molar-refractivity contribution in [1.82, 2.24) is 25.5 Å². The Labute approximate surface area is 131 Å². The number of halogens is 2. The maximum Gasteiger partial charge on any atom is 0.224 e. The Morgan fingerprint density at radius 1 is 1.29 bits per heavy atom. The highest BCUT2D eigenvalue weighted by atomic mass is 35.5. The van der Waals surface area contributed by atoms with Gasteiger partial charge >= 0.3 is 0 Å². The van der Waals surface area contributed by atoms with Crippen LogP contribution >= 0.6 is 23.2 Å². The van der Waals surface area contributed by atoms with Crippen molar-refractivity contribution in [3.63, 3.8) is 0 Å². The van der Waals surface area contributed by atoms with Gasteiger partial charge in [-0.3, -0.25) is 4.79 Å². The van der Waals surface area contributed by atoms with Crippen LogP contribution in [0.3, 0.4) is 0 Å². The molecule has 0 aliphatic heterocycles. The average Bonchev–Trinajstić information content (AvgIpc) is 3.14. The number of nitrogens with zero attached hydrogens (tertiary/aromatic N) is 4. The van der Waals surface area contributed by atoms with E-state index < -0.39 is 0 Å². The highest BCUT2D eigenvalue weighted by molar-refractivity contribution is 6.34. The van der Waals surface area contributed by atoms with Crippen molar-refractivity contribution >= 4 is 29.1 Å². The maximum absolute atomic E-state index is 12.0. The van der Waals surface area contributed by atoms with Gasteiger partial charge in [-0.25, -0.2) is 4.68 Å². The molecule has 0 radical (unpaired) electrons. The number of benzene rings is 1. The average molecular weight is 326 g/mol. The first-order chi connectivity index (χ1) is 10.1. The molecule has 3 rings (SSSR count). The molecule has 1 heterocycles. The van der Waals surface area contributed by atoms with Crippen molar-refractivity contribution < 1.29 is 4.79 Å². The van der Waals surface area contributed by atoms with Crippen LogP contribution in [0.15, 0.2) is 18.2 Å². The number of carbonyl (C=O) groups is 1. The summed E-state index contributed by atoms with van der Waals surface area (Å²) >= 11 is 11.8. The predicted octanol–water partition coefficient (Wildman–Crippen LogP) is 2.17. The number of nitrogens with one attached hydrogen (secondary N) is 1. The van der Waals surface area contributed by atoms with Gasteiger partial charge in [0.25, 0.3) is 0 Å². The van der Waals surface area contributed by atoms with Gasteiger partial charge in [-0.2, -0.15) is 0 Å². The van der Waals surface area contributed by atoms with Crippen LogP contribution in [0.2, 0.25) is 10.0 Å². The van der Waals surface area contributed by atoms with Crippen LogP contribution in [0.1, 0.15) is 30.3 Å². The fourth-order valence-corrected chi connectivity index (χ4v) is 2.64. The molecular weight excluding hydrogens is 313 g/mol. The molecule has 1 amide bonds. The van der Waals surface area contributed by atoms with Crippen LogP contribution in [0.5, 0.6) is 0 Å². The molecule has 110 valence electrons. The van der Waals surface area contributed by atoms with E-state index in [2.05, 4.69) is 20.8 Å². The van der Waals surface area contributed by atoms with Gasteiger partial charge < -0.3 is 5.32 Å². The molecule has 1 aromatic heterocycles. The molecule has 8 heteroatoms. The van der Waals surface area contributed by atoms with Crippen molar-refractivity contribution in [2.45, 2.75) is 31.8 Å². The first-order valence-corrected chi connectivity index (χ1v) is 7.36. The lowest BCUT2D eigenvalue weighted by atomic mass is 10.1. The molecule has 0 spiro atoms. The molecule has 1 N–H and O–H groups in total. The molecule has 0 unspecified atom stereocenters. The lowest BCUT2D eigenvalue weighted by molar-refractivity contribution is -0.120. The van der Waals surface area contributed by atoms with Crippen molar-refractivity contribution in [2.75, 3.05) is 0 Å². The summed E-state index contributed by atoms with van der Waals surface area (Å²) in [6.45, 7) is 0.316. The molecule has 21 heavy (non-hydrogen) atoms. The number of aromatic nitrogens is 4. The summed E-state index contributed by atoms with van der Waals surface area (Å²) in [6, 6.07) is 5.47. The Morgan fingerprint density at radius 3 is 2.67 bits per heavy atom. The number of carbonyl (C=O) groups excluding carboxylic acids is 1. The third-order valence-corrected chi connectivity index (χ3v) is 3.62. The van der Waals surface area contributed by atoms with Gasteiger partial charge in [-0.1, -0.05) is 23.2 Å². The predicted molar refractivity (Wildman–Crippen MR) is 78.1 cm³/mol. The fraction of sp³-hybridized carbons (Fsp3) is 0.385. The molecule has 0 bridgehead atoms. The summed E-state index contributed by atoms with van der Waals surface area (Å²) in [7, 11) is 0. The monoisotopic (exact) mass is 325 g/mol. The second-order valence-corrected chi connectivity index (χ2v) is 5.87. The van der Waals surface area contributed by atoms with E-state index in [0.29, 0.717) is 28.5 Å². The lowest BCUT2D eigenvalue weighted by Gasteiger charge is -2.06. The molecule has 0 saturated heterocycles. The number of rotatable bonds is 5. The Balaban J connectivity index is 1.57. The van der Waals surface area contributed by atoms with E-state index in [4.69, 9.17) is 23.2 Å². The summed E-state index contributed by atoms with van der Waals surface area (Å²) in [5.41, 5.74) is 0.770. The summed E-state index contributed by atoms with van der Waals surface area (Å²) in [4.78, 5) is 12.0. The number of hydrogen-bond acceptors (Lipinski definition) is 4. The minimum Gasteiger partial charge on any atom is -0.348 e. The van der Waals surface area contributed by atoms with E-state index in [-0.39, 0.29) is 12.3 Å². The second kappa shape index (κ2) is 5.99. The molecule has 2 aromatic rings. The Bertz CT molecular complexity index is 648. The zero-order chi connectivity index (χ0) is 14.8. The van der Waals surface area contributed by atoms with Crippen molar-refractivity contribution in [1.29, 1.82) is 0 Å². The first kappa shape index (κ1) is 14.3. The maximum atomic E-state index is 12.0. The summed E-state index contributed by atoms with van der Waals surface area (Å²) < 4.78 is 1.77. The zero-order valence-corrected chi connectivity index (χ0v) is 12.6. The quantitative estimate of drug-likeness (QED) is 0.914. The van der Waals surface area contributed by atoms with Crippen LogP contribution in [0, 0.1) is 0 Å². The van der Waals surface area contributed by atoms with Gasteiger partial charge in [0.05, 0.1) is 19.0 Å². The van der Waals surface area contributed by atoms with Crippen LogP contribution < -0.4 is 5.32 Å². The van der Waals surface area contributed by atoms with Crippen molar-refractivity contribution in [3.05, 3.63) is 39.6 Å². The van der Waals surface area contributed by atoms with Gasteiger partial charge in [0.2, 0.25) is 5.91 Å². The first-order valence-electron chi connectivity index (χ1n) is 6.60. The summed E-state index contributed by atoms with van der Waals surface area (Å²) in [5, 5.41) is 15.3. The minimum atomic E-state index is -0.126. The van der Waals surface area contributed by atoms with Crippen molar-refractivity contribution in [2.24, 2.45) is 0 Å². The number of amides is 1. The van der Waals surface area contributed by atoms with E-state index in [1.165, 1.54) is 0 Å². The van der Waals surface area contributed by atoms with E-state index in [1.807, 2.05) is 0 Å². The molecule has 1 fully saturated rings. The third kappa shape index (κ3) is 3.71. The molecular formula is C13H13Cl2N5O. The normalized spacial score (nSPS) is 14.2. The molecule has 1 aliphatic rings. The van der Waals surface area contributed by atoms with Gasteiger partial charge in [0.15, 0.2) is 5.82 Å². The van der Waals surface area contributed by atoms with E-state index in [0.717, 1.165) is 18.4 Å². The van der Waals surface area contributed by atoms with E-state index >= 15 is 0 Å². The standard InChI is InChI=1S/C13H13Cl2N5O/c14-9-3-8(4-10(15)6-9)5-13(21)16-7-12-17-18-19-20(12)11-1-2-11/h3-4,6,11H,1-2,5,7H2,(H,16,21). The van der Waals surface area contributed by atoms with Crippen LogP contribution in [-0.2, 0) is 17.8 Å².